The highest BCUT2D eigenvalue weighted by molar-refractivity contribution is 5.47. The average Bonchev–Trinajstić information content (AvgIpc) is 3.03. The van der Waals surface area contributed by atoms with Crippen molar-refractivity contribution in [1.29, 1.82) is 0 Å². The molecule has 4 rings (SSSR count). The van der Waals surface area contributed by atoms with Gasteiger partial charge in [-0.3, -0.25) is 9.88 Å². The molecule has 0 amide bonds. The van der Waals surface area contributed by atoms with Crippen LogP contribution in [0.15, 0.2) is 18.5 Å². The summed E-state index contributed by atoms with van der Waals surface area (Å²) in [4.78, 5) is 8.44. The van der Waals surface area contributed by atoms with Gasteiger partial charge in [-0.1, -0.05) is 6.42 Å². The number of hydrogen-bond donors (Lipinski definition) is 0. The third kappa shape index (κ3) is 3.58. The highest BCUT2D eigenvalue weighted by Crippen LogP contribution is 2.30. The van der Waals surface area contributed by atoms with Gasteiger partial charge in [0.05, 0.1) is 18.4 Å². The number of rotatable bonds is 4. The lowest BCUT2D eigenvalue weighted by Crippen LogP contribution is -2.36. The van der Waals surface area contributed by atoms with Crippen LogP contribution in [0.3, 0.4) is 0 Å². The van der Waals surface area contributed by atoms with Crippen molar-refractivity contribution in [3.8, 4) is 0 Å². The van der Waals surface area contributed by atoms with Gasteiger partial charge in [0.25, 0.3) is 0 Å². The van der Waals surface area contributed by atoms with Gasteiger partial charge in [0.1, 0.15) is 11.6 Å². The number of nitrogens with zero attached hydrogens (tertiary/aromatic N) is 6. The summed E-state index contributed by atoms with van der Waals surface area (Å²) in [6.07, 6.45) is 8.93. The fourth-order valence-corrected chi connectivity index (χ4v) is 4.22. The molecule has 0 spiro atoms. The number of pyridine rings is 1. The van der Waals surface area contributed by atoms with Gasteiger partial charge in [0.15, 0.2) is 5.82 Å². The van der Waals surface area contributed by atoms with E-state index in [4.69, 9.17) is 0 Å². The quantitative estimate of drug-likeness (QED) is 0.841. The molecular weight excluding hydrogens is 331 g/mol. The lowest BCUT2D eigenvalue weighted by Gasteiger charge is -2.34. The Morgan fingerprint density at radius 2 is 1.96 bits per heavy atom. The molecule has 0 aliphatic carbocycles. The topological polar surface area (TPSA) is 50.1 Å². The number of piperidine rings is 2. The van der Waals surface area contributed by atoms with Crippen molar-refractivity contribution in [3.63, 3.8) is 0 Å². The zero-order valence-corrected chi connectivity index (χ0v) is 15.4. The van der Waals surface area contributed by atoms with E-state index in [0.717, 1.165) is 57.2 Å². The first-order valence-corrected chi connectivity index (χ1v) is 9.67. The van der Waals surface area contributed by atoms with Gasteiger partial charge >= 0.3 is 0 Å². The van der Waals surface area contributed by atoms with E-state index < -0.39 is 0 Å². The standard InChI is InChI=1S/C19H27FN6/c1-24-18(14-25-9-3-2-4-10-25)22-23-19(24)15-6-5-11-26(13-15)17-7-8-21-12-16(17)20/h7-8,12,15H,2-6,9-11,13-14H2,1H3. The van der Waals surface area contributed by atoms with Crippen LogP contribution in [0.5, 0.6) is 0 Å². The number of aromatic nitrogens is 4. The first-order chi connectivity index (χ1) is 12.7. The van der Waals surface area contributed by atoms with Gasteiger partial charge in [-0.05, 0) is 44.8 Å². The van der Waals surface area contributed by atoms with Crippen molar-refractivity contribution in [2.75, 3.05) is 31.1 Å². The van der Waals surface area contributed by atoms with Crippen molar-refractivity contribution >= 4 is 5.69 Å². The monoisotopic (exact) mass is 358 g/mol. The molecule has 7 heteroatoms. The molecule has 0 N–H and O–H groups in total. The Morgan fingerprint density at radius 3 is 2.77 bits per heavy atom. The van der Waals surface area contributed by atoms with E-state index in [1.54, 1.807) is 12.3 Å². The van der Waals surface area contributed by atoms with Crippen LogP contribution in [0.2, 0.25) is 0 Å². The van der Waals surface area contributed by atoms with Crippen LogP contribution >= 0.6 is 0 Å². The third-order valence-electron chi connectivity index (χ3n) is 5.69. The molecule has 2 aliphatic rings. The van der Waals surface area contributed by atoms with Crippen molar-refractivity contribution in [3.05, 3.63) is 35.9 Å². The summed E-state index contributed by atoms with van der Waals surface area (Å²) in [6.45, 7) is 4.83. The van der Waals surface area contributed by atoms with E-state index >= 15 is 0 Å². The molecule has 2 aromatic heterocycles. The summed E-state index contributed by atoms with van der Waals surface area (Å²) in [5, 5.41) is 8.98. The zero-order valence-electron chi connectivity index (χ0n) is 15.4. The summed E-state index contributed by atoms with van der Waals surface area (Å²) in [6, 6.07) is 1.76. The Balaban J connectivity index is 1.48. The SMILES string of the molecule is Cn1c(CN2CCCCC2)nnc1C1CCCN(c2ccncc2F)C1. The molecule has 6 nitrogen and oxygen atoms in total. The van der Waals surface area contributed by atoms with Crippen LogP contribution in [-0.4, -0.2) is 50.8 Å². The Morgan fingerprint density at radius 1 is 1.12 bits per heavy atom. The first-order valence-electron chi connectivity index (χ1n) is 9.67. The minimum Gasteiger partial charge on any atom is -0.368 e. The Hall–Kier alpha value is -2.02. The molecule has 1 atom stereocenters. The molecule has 140 valence electrons. The van der Waals surface area contributed by atoms with Gasteiger partial charge in [-0.2, -0.15) is 0 Å². The Labute approximate surface area is 154 Å². The fraction of sp³-hybridized carbons (Fsp3) is 0.632. The number of likely N-dealkylation sites (tertiary alicyclic amines) is 1. The first kappa shape index (κ1) is 17.4. The van der Waals surface area contributed by atoms with Crippen LogP contribution in [0.25, 0.3) is 0 Å². The molecule has 0 bridgehead atoms. The largest absolute Gasteiger partial charge is 0.368 e. The van der Waals surface area contributed by atoms with Crippen molar-refractivity contribution in [2.24, 2.45) is 7.05 Å². The Bertz CT molecular complexity index is 739. The molecule has 2 aliphatic heterocycles. The van der Waals surface area contributed by atoms with Gasteiger partial charge in [0, 0.05) is 32.3 Å². The van der Waals surface area contributed by atoms with Crippen LogP contribution in [0.4, 0.5) is 10.1 Å². The number of anilines is 1. The number of hydrogen-bond acceptors (Lipinski definition) is 5. The summed E-state index contributed by atoms with van der Waals surface area (Å²) in [7, 11) is 2.07. The second kappa shape index (κ2) is 7.70. The smallest absolute Gasteiger partial charge is 0.164 e. The van der Waals surface area contributed by atoms with E-state index in [-0.39, 0.29) is 11.7 Å². The van der Waals surface area contributed by atoms with E-state index in [0.29, 0.717) is 5.69 Å². The predicted molar refractivity (Wildman–Crippen MR) is 98.5 cm³/mol. The summed E-state index contributed by atoms with van der Waals surface area (Å²) in [5.41, 5.74) is 0.639. The maximum absolute atomic E-state index is 14.1. The number of halogens is 1. The van der Waals surface area contributed by atoms with Gasteiger partial charge < -0.3 is 9.47 Å². The molecule has 0 radical (unpaired) electrons. The van der Waals surface area contributed by atoms with E-state index in [1.165, 1.54) is 25.5 Å². The molecule has 2 saturated heterocycles. The van der Waals surface area contributed by atoms with Crippen LogP contribution in [0.1, 0.15) is 49.7 Å². The van der Waals surface area contributed by atoms with E-state index in [1.807, 2.05) is 0 Å². The minimum absolute atomic E-state index is 0.253. The van der Waals surface area contributed by atoms with Crippen molar-refractivity contribution < 1.29 is 4.39 Å². The highest BCUT2D eigenvalue weighted by atomic mass is 19.1. The molecule has 4 heterocycles. The van der Waals surface area contributed by atoms with E-state index in [2.05, 4.69) is 36.6 Å². The molecular formula is C19H27FN6. The van der Waals surface area contributed by atoms with Crippen molar-refractivity contribution in [2.45, 2.75) is 44.6 Å². The molecule has 0 saturated carbocycles. The predicted octanol–water partition coefficient (Wildman–Crippen LogP) is 2.72. The minimum atomic E-state index is -0.253. The summed E-state index contributed by atoms with van der Waals surface area (Å²) in [5.74, 6) is 2.09. The Kier molecular flexibility index (Phi) is 5.15. The van der Waals surface area contributed by atoms with E-state index in [9.17, 15) is 4.39 Å². The van der Waals surface area contributed by atoms with Gasteiger partial charge in [-0.25, -0.2) is 4.39 Å². The molecule has 26 heavy (non-hydrogen) atoms. The third-order valence-corrected chi connectivity index (χ3v) is 5.69. The van der Waals surface area contributed by atoms with Crippen LogP contribution in [-0.2, 0) is 13.6 Å². The van der Waals surface area contributed by atoms with Gasteiger partial charge in [-0.15, -0.1) is 10.2 Å². The maximum Gasteiger partial charge on any atom is 0.164 e. The summed E-state index contributed by atoms with van der Waals surface area (Å²) < 4.78 is 16.3. The molecule has 2 fully saturated rings. The summed E-state index contributed by atoms with van der Waals surface area (Å²) >= 11 is 0. The lowest BCUT2D eigenvalue weighted by molar-refractivity contribution is 0.213. The normalized spacial score (nSPS) is 21.9. The van der Waals surface area contributed by atoms with Crippen molar-refractivity contribution in [1.82, 2.24) is 24.6 Å². The van der Waals surface area contributed by atoms with Crippen LogP contribution in [0, 0.1) is 5.82 Å². The highest BCUT2D eigenvalue weighted by Gasteiger charge is 2.27. The van der Waals surface area contributed by atoms with Crippen LogP contribution < -0.4 is 4.90 Å². The lowest BCUT2D eigenvalue weighted by atomic mass is 9.96. The zero-order chi connectivity index (χ0) is 17.9. The maximum atomic E-state index is 14.1. The molecule has 0 aromatic carbocycles. The second-order valence-electron chi connectivity index (χ2n) is 7.48. The van der Waals surface area contributed by atoms with Gasteiger partial charge in [0.2, 0.25) is 0 Å². The second-order valence-corrected chi connectivity index (χ2v) is 7.48. The molecule has 1 unspecified atom stereocenters. The molecule has 2 aromatic rings. The fourth-order valence-electron chi connectivity index (χ4n) is 4.22. The average molecular weight is 358 g/mol.